The Kier molecular flexibility index (Phi) is 4.48. The Hall–Kier alpha value is -2.21. The summed E-state index contributed by atoms with van der Waals surface area (Å²) in [5.74, 6) is 1.21. The van der Waals surface area contributed by atoms with E-state index >= 15 is 0 Å². The van der Waals surface area contributed by atoms with Gasteiger partial charge in [0, 0.05) is 30.9 Å². The van der Waals surface area contributed by atoms with Crippen molar-refractivity contribution in [3.05, 3.63) is 41.3 Å². The molecule has 1 aliphatic heterocycles. The first-order chi connectivity index (χ1) is 10.8. The van der Waals surface area contributed by atoms with Crippen LogP contribution >= 0.6 is 0 Å². The maximum Gasteiger partial charge on any atom is 0.222 e. The second kappa shape index (κ2) is 6.70. The number of nitrogen functional groups attached to an aromatic ring is 1. The fraction of sp³-hybridized carbons (Fsp3) is 0.438. The molecule has 4 N–H and O–H groups in total. The maximum atomic E-state index is 5.90. The van der Waals surface area contributed by atoms with Crippen LogP contribution in [0.4, 0.5) is 11.8 Å². The van der Waals surface area contributed by atoms with Gasteiger partial charge in [-0.25, -0.2) is 4.98 Å². The van der Waals surface area contributed by atoms with Crippen molar-refractivity contribution in [2.75, 3.05) is 24.1 Å². The molecule has 2 aromatic rings. The van der Waals surface area contributed by atoms with Gasteiger partial charge in [0.15, 0.2) is 0 Å². The second-order valence-electron chi connectivity index (χ2n) is 5.49. The molecule has 1 aliphatic rings. The number of rotatable bonds is 4. The lowest BCUT2D eigenvalue weighted by Gasteiger charge is -2.21. The molecule has 0 bridgehead atoms. The molecule has 1 atom stereocenters. The van der Waals surface area contributed by atoms with Crippen LogP contribution in [0.1, 0.15) is 36.2 Å². The van der Waals surface area contributed by atoms with Crippen molar-refractivity contribution in [1.29, 1.82) is 0 Å². The van der Waals surface area contributed by atoms with Crippen molar-refractivity contribution >= 4 is 11.8 Å². The molecule has 3 rings (SSSR count). The summed E-state index contributed by atoms with van der Waals surface area (Å²) in [5, 5.41) is 6.95. The molecule has 2 aromatic heterocycles. The number of nitrogens with two attached hydrogens (primary N) is 1. The van der Waals surface area contributed by atoms with E-state index in [0.717, 1.165) is 43.9 Å². The second-order valence-corrected chi connectivity index (χ2v) is 5.49. The smallest absolute Gasteiger partial charge is 0.222 e. The summed E-state index contributed by atoms with van der Waals surface area (Å²) in [7, 11) is 0. The minimum absolute atomic E-state index is 0.192. The molecule has 0 saturated carbocycles. The van der Waals surface area contributed by atoms with Crippen LogP contribution in [0.3, 0.4) is 0 Å². The minimum Gasteiger partial charge on any atom is -0.368 e. The summed E-state index contributed by atoms with van der Waals surface area (Å²) in [6.07, 6.45) is 6.41. The average molecular weight is 298 g/mol. The van der Waals surface area contributed by atoms with Crippen molar-refractivity contribution in [3.8, 4) is 0 Å². The average Bonchev–Trinajstić information content (AvgIpc) is 2.78. The highest BCUT2D eigenvalue weighted by Gasteiger charge is 2.18. The van der Waals surface area contributed by atoms with Crippen LogP contribution in [0.15, 0.2) is 24.5 Å². The van der Waals surface area contributed by atoms with Crippen LogP contribution in [0.2, 0.25) is 0 Å². The molecular formula is C16H22N6. The third-order valence-electron chi connectivity index (χ3n) is 4.03. The fourth-order valence-corrected chi connectivity index (χ4v) is 2.87. The van der Waals surface area contributed by atoms with Crippen LogP contribution < -0.4 is 16.4 Å². The molecule has 0 fully saturated rings. The Morgan fingerprint density at radius 2 is 2.00 bits per heavy atom. The predicted octanol–water partition coefficient (Wildman–Crippen LogP) is 1.71. The Morgan fingerprint density at radius 3 is 2.77 bits per heavy atom. The van der Waals surface area contributed by atoms with Gasteiger partial charge in [-0.3, -0.25) is 4.98 Å². The number of hydrogen-bond acceptors (Lipinski definition) is 6. The molecule has 0 aliphatic carbocycles. The van der Waals surface area contributed by atoms with Crippen molar-refractivity contribution in [2.24, 2.45) is 0 Å². The SMILES string of the molecule is CCC(Nc1nc(N)nc2c1CCNCC2)c1ccncc1. The van der Waals surface area contributed by atoms with E-state index in [1.807, 2.05) is 24.5 Å². The standard InChI is InChI=1S/C16H22N6/c1-2-13(11-3-7-18-8-4-11)20-15-12-5-9-19-10-6-14(12)21-16(17)22-15/h3-4,7-8,13,19H,2,5-6,9-10H2,1H3,(H3,17,20,21,22). The van der Waals surface area contributed by atoms with E-state index in [4.69, 9.17) is 5.73 Å². The van der Waals surface area contributed by atoms with Gasteiger partial charge in [-0.15, -0.1) is 0 Å². The molecule has 6 heteroatoms. The van der Waals surface area contributed by atoms with Crippen molar-refractivity contribution in [3.63, 3.8) is 0 Å². The van der Waals surface area contributed by atoms with Crippen molar-refractivity contribution in [2.45, 2.75) is 32.2 Å². The molecule has 0 aromatic carbocycles. The van der Waals surface area contributed by atoms with E-state index in [1.54, 1.807) is 0 Å². The summed E-state index contributed by atoms with van der Waals surface area (Å²) >= 11 is 0. The highest BCUT2D eigenvalue weighted by molar-refractivity contribution is 5.52. The van der Waals surface area contributed by atoms with Gasteiger partial charge < -0.3 is 16.4 Å². The molecular weight excluding hydrogens is 276 g/mol. The highest BCUT2D eigenvalue weighted by atomic mass is 15.1. The zero-order valence-electron chi connectivity index (χ0n) is 12.8. The molecule has 0 amide bonds. The lowest BCUT2D eigenvalue weighted by Crippen LogP contribution is -2.17. The number of pyridine rings is 1. The van der Waals surface area contributed by atoms with E-state index < -0.39 is 0 Å². The number of aromatic nitrogens is 3. The van der Waals surface area contributed by atoms with Crippen molar-refractivity contribution < 1.29 is 0 Å². The van der Waals surface area contributed by atoms with Gasteiger partial charge in [-0.05, 0) is 37.1 Å². The Bertz CT molecular complexity index is 628. The Morgan fingerprint density at radius 1 is 1.23 bits per heavy atom. The van der Waals surface area contributed by atoms with Gasteiger partial charge in [0.2, 0.25) is 5.95 Å². The number of hydrogen-bond donors (Lipinski definition) is 3. The first-order valence-electron chi connectivity index (χ1n) is 7.80. The van der Waals surface area contributed by atoms with Crippen LogP contribution in [0.5, 0.6) is 0 Å². The number of nitrogens with one attached hydrogen (secondary N) is 2. The zero-order valence-corrected chi connectivity index (χ0v) is 12.8. The molecule has 0 spiro atoms. The minimum atomic E-state index is 0.192. The maximum absolute atomic E-state index is 5.90. The third-order valence-corrected chi connectivity index (χ3v) is 4.03. The fourth-order valence-electron chi connectivity index (χ4n) is 2.87. The van der Waals surface area contributed by atoms with Gasteiger partial charge >= 0.3 is 0 Å². The molecule has 3 heterocycles. The van der Waals surface area contributed by atoms with E-state index in [-0.39, 0.29) is 6.04 Å². The zero-order chi connectivity index (χ0) is 15.4. The predicted molar refractivity (Wildman–Crippen MR) is 87.6 cm³/mol. The first kappa shape index (κ1) is 14.7. The number of anilines is 2. The molecule has 22 heavy (non-hydrogen) atoms. The monoisotopic (exact) mass is 298 g/mol. The third kappa shape index (κ3) is 3.17. The van der Waals surface area contributed by atoms with Gasteiger partial charge in [0.25, 0.3) is 0 Å². The van der Waals surface area contributed by atoms with Crippen LogP contribution in [0.25, 0.3) is 0 Å². The highest BCUT2D eigenvalue weighted by Crippen LogP contribution is 2.26. The van der Waals surface area contributed by atoms with Crippen LogP contribution in [-0.2, 0) is 12.8 Å². The van der Waals surface area contributed by atoms with Gasteiger partial charge in [0.1, 0.15) is 5.82 Å². The first-order valence-corrected chi connectivity index (χ1v) is 7.80. The van der Waals surface area contributed by atoms with E-state index in [9.17, 15) is 0 Å². The Labute approximate surface area is 130 Å². The largest absolute Gasteiger partial charge is 0.368 e. The summed E-state index contributed by atoms with van der Waals surface area (Å²) in [6, 6.07) is 4.26. The molecule has 6 nitrogen and oxygen atoms in total. The summed E-state index contributed by atoms with van der Waals surface area (Å²) in [6.45, 7) is 4.04. The molecule has 0 saturated heterocycles. The lowest BCUT2D eigenvalue weighted by atomic mass is 10.0. The van der Waals surface area contributed by atoms with Gasteiger partial charge in [-0.1, -0.05) is 6.92 Å². The van der Waals surface area contributed by atoms with E-state index in [2.05, 4.69) is 32.5 Å². The molecule has 116 valence electrons. The number of nitrogens with zero attached hydrogens (tertiary/aromatic N) is 3. The lowest BCUT2D eigenvalue weighted by molar-refractivity contribution is 0.707. The number of fused-ring (bicyclic) bond motifs is 1. The van der Waals surface area contributed by atoms with Crippen LogP contribution in [-0.4, -0.2) is 28.0 Å². The van der Waals surface area contributed by atoms with Crippen LogP contribution in [0, 0.1) is 0 Å². The van der Waals surface area contributed by atoms with E-state index in [0.29, 0.717) is 5.95 Å². The summed E-state index contributed by atoms with van der Waals surface area (Å²) in [5.41, 5.74) is 9.35. The van der Waals surface area contributed by atoms with Gasteiger partial charge in [-0.2, -0.15) is 4.98 Å². The quantitative estimate of drug-likeness (QED) is 0.796. The summed E-state index contributed by atoms with van der Waals surface area (Å²) in [4.78, 5) is 13.0. The van der Waals surface area contributed by atoms with Gasteiger partial charge in [0.05, 0.1) is 11.7 Å². The Balaban J connectivity index is 1.92. The normalized spacial score (nSPS) is 15.7. The summed E-state index contributed by atoms with van der Waals surface area (Å²) < 4.78 is 0. The van der Waals surface area contributed by atoms with E-state index in [1.165, 1.54) is 11.1 Å². The molecule has 0 radical (unpaired) electrons. The van der Waals surface area contributed by atoms with Crippen molar-refractivity contribution in [1.82, 2.24) is 20.3 Å². The molecule has 1 unspecified atom stereocenters. The topological polar surface area (TPSA) is 88.8 Å².